The summed E-state index contributed by atoms with van der Waals surface area (Å²) in [5.74, 6) is 1.66. The van der Waals surface area contributed by atoms with E-state index in [0.29, 0.717) is 5.82 Å². The Morgan fingerprint density at radius 1 is 1.00 bits per heavy atom. The number of pyridine rings is 1. The van der Waals surface area contributed by atoms with Crippen molar-refractivity contribution in [1.29, 1.82) is 0 Å². The molecule has 0 radical (unpaired) electrons. The van der Waals surface area contributed by atoms with Crippen LogP contribution in [-0.2, 0) is 0 Å². The maximum absolute atomic E-state index is 5.76. The van der Waals surface area contributed by atoms with Crippen molar-refractivity contribution >= 4 is 11.6 Å². The standard InChI is InChI=1S/C15H24N4/c16-14-5-4-6-15(17-14)19-11-7-13(8-12-19)18-9-2-1-3-10-18/h4-6,13H,1-3,7-12H2,(H2,16,17). The average Bonchev–Trinajstić information content (AvgIpc) is 2.48. The van der Waals surface area contributed by atoms with E-state index in [1.807, 2.05) is 12.1 Å². The minimum absolute atomic E-state index is 0.621. The fourth-order valence-electron chi connectivity index (χ4n) is 3.36. The van der Waals surface area contributed by atoms with Gasteiger partial charge < -0.3 is 15.5 Å². The number of likely N-dealkylation sites (tertiary alicyclic amines) is 1. The zero-order valence-electron chi connectivity index (χ0n) is 11.6. The molecular weight excluding hydrogens is 236 g/mol. The molecule has 1 aromatic rings. The van der Waals surface area contributed by atoms with Crippen LogP contribution in [0.3, 0.4) is 0 Å². The quantitative estimate of drug-likeness (QED) is 0.884. The van der Waals surface area contributed by atoms with Gasteiger partial charge in [-0.3, -0.25) is 0 Å². The van der Waals surface area contributed by atoms with Gasteiger partial charge in [0.25, 0.3) is 0 Å². The van der Waals surface area contributed by atoms with Gasteiger partial charge in [-0.25, -0.2) is 4.98 Å². The van der Waals surface area contributed by atoms with Crippen LogP contribution >= 0.6 is 0 Å². The van der Waals surface area contributed by atoms with Crippen molar-refractivity contribution in [2.24, 2.45) is 0 Å². The van der Waals surface area contributed by atoms with E-state index in [-0.39, 0.29) is 0 Å². The highest BCUT2D eigenvalue weighted by Crippen LogP contribution is 2.23. The summed E-state index contributed by atoms with van der Waals surface area (Å²) in [6.07, 6.45) is 6.71. The molecule has 2 aliphatic rings. The average molecular weight is 260 g/mol. The normalized spacial score (nSPS) is 22.6. The number of hydrogen-bond donors (Lipinski definition) is 1. The van der Waals surface area contributed by atoms with Gasteiger partial charge in [0.1, 0.15) is 11.6 Å². The molecule has 3 rings (SSSR count). The van der Waals surface area contributed by atoms with Crippen LogP contribution in [0.15, 0.2) is 18.2 Å². The third kappa shape index (κ3) is 3.00. The van der Waals surface area contributed by atoms with Crippen molar-refractivity contribution in [2.75, 3.05) is 36.8 Å². The third-order valence-electron chi connectivity index (χ3n) is 4.45. The van der Waals surface area contributed by atoms with Crippen LogP contribution in [0, 0.1) is 0 Å². The fourth-order valence-corrected chi connectivity index (χ4v) is 3.36. The molecule has 1 aromatic heterocycles. The SMILES string of the molecule is Nc1cccc(N2CCC(N3CCCCC3)CC2)n1. The number of aromatic nitrogens is 1. The van der Waals surface area contributed by atoms with Gasteiger partial charge in [-0.1, -0.05) is 12.5 Å². The van der Waals surface area contributed by atoms with Crippen molar-refractivity contribution in [3.05, 3.63) is 18.2 Å². The third-order valence-corrected chi connectivity index (χ3v) is 4.45. The molecule has 0 aliphatic carbocycles. The Hall–Kier alpha value is -1.29. The molecule has 0 unspecified atom stereocenters. The molecule has 3 heterocycles. The Kier molecular flexibility index (Phi) is 3.87. The number of piperidine rings is 2. The van der Waals surface area contributed by atoms with Crippen molar-refractivity contribution in [1.82, 2.24) is 9.88 Å². The first-order valence-corrected chi connectivity index (χ1v) is 7.54. The molecule has 0 atom stereocenters. The summed E-state index contributed by atoms with van der Waals surface area (Å²) < 4.78 is 0. The molecule has 0 bridgehead atoms. The topological polar surface area (TPSA) is 45.4 Å². The van der Waals surface area contributed by atoms with Crippen LogP contribution in [0.25, 0.3) is 0 Å². The molecular formula is C15H24N4. The lowest BCUT2D eigenvalue weighted by atomic mass is 10.00. The Labute approximate surface area is 115 Å². The maximum Gasteiger partial charge on any atom is 0.130 e. The highest BCUT2D eigenvalue weighted by atomic mass is 15.2. The summed E-state index contributed by atoms with van der Waals surface area (Å²) in [5, 5.41) is 0. The van der Waals surface area contributed by atoms with Gasteiger partial charge in [0.2, 0.25) is 0 Å². The summed E-state index contributed by atoms with van der Waals surface area (Å²) in [5.41, 5.74) is 5.76. The summed E-state index contributed by atoms with van der Waals surface area (Å²) in [6, 6.07) is 6.70. The molecule has 0 amide bonds. The lowest BCUT2D eigenvalue weighted by Gasteiger charge is -2.40. The van der Waals surface area contributed by atoms with Gasteiger partial charge >= 0.3 is 0 Å². The van der Waals surface area contributed by atoms with Crippen LogP contribution in [-0.4, -0.2) is 42.1 Å². The maximum atomic E-state index is 5.76. The molecule has 0 aromatic carbocycles. The molecule has 2 fully saturated rings. The molecule has 2 N–H and O–H groups in total. The smallest absolute Gasteiger partial charge is 0.130 e. The van der Waals surface area contributed by atoms with E-state index in [9.17, 15) is 0 Å². The summed E-state index contributed by atoms with van der Waals surface area (Å²) >= 11 is 0. The summed E-state index contributed by atoms with van der Waals surface area (Å²) in [4.78, 5) is 9.50. The van der Waals surface area contributed by atoms with Crippen molar-refractivity contribution in [3.8, 4) is 0 Å². The first-order chi connectivity index (χ1) is 9.33. The van der Waals surface area contributed by atoms with E-state index in [4.69, 9.17) is 5.73 Å². The zero-order valence-corrected chi connectivity index (χ0v) is 11.6. The predicted octanol–water partition coefficient (Wildman–Crippen LogP) is 2.12. The van der Waals surface area contributed by atoms with Crippen LogP contribution < -0.4 is 10.6 Å². The number of nitrogens with zero attached hydrogens (tertiary/aromatic N) is 3. The minimum Gasteiger partial charge on any atom is -0.384 e. The largest absolute Gasteiger partial charge is 0.384 e. The van der Waals surface area contributed by atoms with E-state index < -0.39 is 0 Å². The first kappa shape index (κ1) is 12.7. The van der Waals surface area contributed by atoms with Crippen LogP contribution in [0.4, 0.5) is 11.6 Å². The molecule has 4 nitrogen and oxygen atoms in total. The second kappa shape index (κ2) is 5.78. The number of nitrogens with two attached hydrogens (primary N) is 1. The zero-order chi connectivity index (χ0) is 13.1. The van der Waals surface area contributed by atoms with E-state index in [1.165, 1.54) is 45.2 Å². The lowest BCUT2D eigenvalue weighted by Crippen LogP contribution is -2.46. The van der Waals surface area contributed by atoms with Gasteiger partial charge in [-0.15, -0.1) is 0 Å². The number of nitrogen functional groups attached to an aromatic ring is 1. The molecule has 0 spiro atoms. The predicted molar refractivity (Wildman–Crippen MR) is 79.3 cm³/mol. The van der Waals surface area contributed by atoms with Gasteiger partial charge in [0.15, 0.2) is 0 Å². The highest BCUT2D eigenvalue weighted by Gasteiger charge is 2.25. The second-order valence-electron chi connectivity index (χ2n) is 5.74. The van der Waals surface area contributed by atoms with Crippen LogP contribution in [0.1, 0.15) is 32.1 Å². The van der Waals surface area contributed by atoms with Gasteiger partial charge in [-0.2, -0.15) is 0 Å². The Morgan fingerprint density at radius 2 is 1.74 bits per heavy atom. The van der Waals surface area contributed by atoms with E-state index in [0.717, 1.165) is 24.9 Å². The van der Waals surface area contributed by atoms with E-state index >= 15 is 0 Å². The molecule has 0 saturated carbocycles. The van der Waals surface area contributed by atoms with Crippen LogP contribution in [0.2, 0.25) is 0 Å². The summed E-state index contributed by atoms with van der Waals surface area (Å²) in [7, 11) is 0. The van der Waals surface area contributed by atoms with Gasteiger partial charge in [-0.05, 0) is 50.9 Å². The summed E-state index contributed by atoms with van der Waals surface area (Å²) in [6.45, 7) is 4.83. The number of anilines is 2. The number of rotatable bonds is 2. The van der Waals surface area contributed by atoms with Gasteiger partial charge in [0, 0.05) is 19.1 Å². The second-order valence-corrected chi connectivity index (χ2v) is 5.74. The molecule has 2 saturated heterocycles. The van der Waals surface area contributed by atoms with Gasteiger partial charge in [0.05, 0.1) is 0 Å². The molecule has 4 heteroatoms. The monoisotopic (exact) mass is 260 g/mol. The Bertz CT molecular complexity index is 406. The van der Waals surface area contributed by atoms with E-state index in [1.54, 1.807) is 0 Å². The number of hydrogen-bond acceptors (Lipinski definition) is 4. The minimum atomic E-state index is 0.621. The lowest BCUT2D eigenvalue weighted by molar-refractivity contribution is 0.141. The van der Waals surface area contributed by atoms with E-state index in [2.05, 4.69) is 20.9 Å². The first-order valence-electron chi connectivity index (χ1n) is 7.54. The van der Waals surface area contributed by atoms with Crippen molar-refractivity contribution in [3.63, 3.8) is 0 Å². The fraction of sp³-hybridized carbons (Fsp3) is 0.667. The van der Waals surface area contributed by atoms with Crippen LogP contribution in [0.5, 0.6) is 0 Å². The Balaban J connectivity index is 1.57. The highest BCUT2D eigenvalue weighted by molar-refractivity contribution is 5.45. The van der Waals surface area contributed by atoms with Crippen molar-refractivity contribution < 1.29 is 0 Å². The molecule has 2 aliphatic heterocycles. The Morgan fingerprint density at radius 3 is 2.42 bits per heavy atom. The molecule has 104 valence electrons. The van der Waals surface area contributed by atoms with Crippen molar-refractivity contribution in [2.45, 2.75) is 38.1 Å². The molecule has 19 heavy (non-hydrogen) atoms.